The van der Waals surface area contributed by atoms with E-state index in [4.69, 9.17) is 4.74 Å². The molecule has 0 radical (unpaired) electrons. The van der Waals surface area contributed by atoms with Crippen LogP contribution in [0.15, 0.2) is 72.8 Å². The topological polar surface area (TPSA) is 41.6 Å². The molecule has 0 fully saturated rings. The number of benzene rings is 3. The van der Waals surface area contributed by atoms with E-state index in [-0.39, 0.29) is 12.1 Å². The summed E-state index contributed by atoms with van der Waals surface area (Å²) < 4.78 is 5.53. The van der Waals surface area contributed by atoms with Crippen molar-refractivity contribution in [1.29, 1.82) is 0 Å². The Labute approximate surface area is 159 Å². The van der Waals surface area contributed by atoms with Gasteiger partial charge in [-0.15, -0.1) is 0 Å². The van der Waals surface area contributed by atoms with E-state index in [1.54, 1.807) is 0 Å². The van der Waals surface area contributed by atoms with Crippen LogP contribution < -0.4 is 15.0 Å². The molecule has 4 rings (SSSR count). The van der Waals surface area contributed by atoms with Gasteiger partial charge in [-0.05, 0) is 55.8 Å². The average molecular weight is 358 g/mol. The van der Waals surface area contributed by atoms with Crippen LogP contribution in [0.4, 0.5) is 11.4 Å². The first kappa shape index (κ1) is 17.2. The Bertz CT molecular complexity index is 966. The van der Waals surface area contributed by atoms with Gasteiger partial charge in [-0.2, -0.15) is 0 Å². The molecule has 0 saturated carbocycles. The lowest BCUT2D eigenvalue weighted by Crippen LogP contribution is -2.32. The molecule has 136 valence electrons. The average Bonchev–Trinajstić information content (AvgIpc) is 2.97. The normalized spacial score (nSPS) is 15.6. The fraction of sp³-hybridized carbons (Fsp3) is 0.174. The van der Waals surface area contributed by atoms with Crippen LogP contribution in [0.5, 0.6) is 5.75 Å². The Morgan fingerprint density at radius 2 is 1.67 bits per heavy atom. The molecule has 0 saturated heterocycles. The third-order valence-electron chi connectivity index (χ3n) is 4.83. The summed E-state index contributed by atoms with van der Waals surface area (Å²) in [6.45, 7) is 4.63. The van der Waals surface area contributed by atoms with E-state index in [1.165, 1.54) is 0 Å². The smallest absolute Gasteiger partial charge is 0.260 e. The zero-order valence-corrected chi connectivity index (χ0v) is 15.5. The number of fused-ring (bicyclic) bond motifs is 1. The third kappa shape index (κ3) is 3.14. The van der Waals surface area contributed by atoms with Crippen molar-refractivity contribution in [2.45, 2.75) is 20.0 Å². The zero-order valence-electron chi connectivity index (χ0n) is 15.5. The van der Waals surface area contributed by atoms with Crippen LogP contribution in [-0.4, -0.2) is 12.5 Å². The summed E-state index contributed by atoms with van der Waals surface area (Å²) in [6, 6.07) is 23.6. The number of hydrogen-bond acceptors (Lipinski definition) is 3. The van der Waals surface area contributed by atoms with Crippen LogP contribution in [0.25, 0.3) is 0 Å². The molecule has 1 amide bonds. The molecule has 4 heteroatoms. The number of carbonyl (C=O) groups is 1. The number of nitrogens with one attached hydrogen (secondary N) is 1. The number of para-hydroxylation sites is 1. The molecule has 27 heavy (non-hydrogen) atoms. The number of carbonyl (C=O) groups excluding carboxylic acids is 1. The molecular formula is C23H22N2O2. The third-order valence-corrected chi connectivity index (χ3v) is 4.83. The second kappa shape index (κ2) is 7.16. The molecule has 3 aromatic rings. The first-order chi connectivity index (χ1) is 13.2. The second-order valence-electron chi connectivity index (χ2n) is 6.55. The van der Waals surface area contributed by atoms with Crippen molar-refractivity contribution in [2.75, 3.05) is 16.8 Å². The van der Waals surface area contributed by atoms with Gasteiger partial charge in [0.15, 0.2) is 0 Å². The summed E-state index contributed by atoms with van der Waals surface area (Å²) in [4.78, 5) is 15.0. The number of rotatable bonds is 5. The van der Waals surface area contributed by atoms with Crippen LogP contribution in [0.1, 0.15) is 34.6 Å². The molecule has 1 heterocycles. The van der Waals surface area contributed by atoms with Gasteiger partial charge in [-0.1, -0.05) is 36.4 Å². The van der Waals surface area contributed by atoms with Crippen molar-refractivity contribution in [3.63, 3.8) is 0 Å². The molecule has 0 aromatic heterocycles. The van der Waals surface area contributed by atoms with Crippen molar-refractivity contribution < 1.29 is 9.53 Å². The highest BCUT2D eigenvalue weighted by Crippen LogP contribution is 2.38. The van der Waals surface area contributed by atoms with Gasteiger partial charge in [-0.25, -0.2) is 0 Å². The molecule has 0 spiro atoms. The Hall–Kier alpha value is -3.27. The van der Waals surface area contributed by atoms with Crippen molar-refractivity contribution in [1.82, 2.24) is 0 Å². The van der Waals surface area contributed by atoms with Crippen molar-refractivity contribution >= 4 is 17.3 Å². The molecular weight excluding hydrogens is 336 g/mol. The Kier molecular flexibility index (Phi) is 4.55. The van der Waals surface area contributed by atoms with Gasteiger partial charge >= 0.3 is 0 Å². The number of aryl methyl sites for hydroxylation is 1. The molecule has 4 nitrogen and oxygen atoms in total. The fourth-order valence-corrected chi connectivity index (χ4v) is 3.48. The van der Waals surface area contributed by atoms with Gasteiger partial charge in [-0.3, -0.25) is 9.69 Å². The lowest BCUT2D eigenvalue weighted by molar-refractivity contribution is 0.0993. The Morgan fingerprint density at radius 1 is 0.963 bits per heavy atom. The van der Waals surface area contributed by atoms with Crippen molar-refractivity contribution in [3.8, 4) is 5.75 Å². The quantitative estimate of drug-likeness (QED) is 0.684. The summed E-state index contributed by atoms with van der Waals surface area (Å²) in [5.41, 5.74) is 4.71. The number of amides is 1. The van der Waals surface area contributed by atoms with Gasteiger partial charge in [0.2, 0.25) is 0 Å². The monoisotopic (exact) mass is 358 g/mol. The van der Waals surface area contributed by atoms with Crippen LogP contribution >= 0.6 is 0 Å². The van der Waals surface area contributed by atoms with E-state index in [2.05, 4.69) is 18.3 Å². The van der Waals surface area contributed by atoms with Gasteiger partial charge in [0, 0.05) is 22.5 Å². The highest BCUT2D eigenvalue weighted by atomic mass is 16.5. The predicted molar refractivity (Wildman–Crippen MR) is 108 cm³/mol. The maximum Gasteiger partial charge on any atom is 0.260 e. The SMILES string of the molecule is CCOc1ccc(N2C(=O)c3ccccc3[C@@H]2Nc2ccccc2C)cc1. The minimum atomic E-state index is -0.257. The summed E-state index contributed by atoms with van der Waals surface area (Å²) in [5.74, 6) is 0.801. The van der Waals surface area contributed by atoms with E-state index in [1.807, 2.05) is 78.6 Å². The highest BCUT2D eigenvalue weighted by molar-refractivity contribution is 6.11. The molecule has 1 N–H and O–H groups in total. The maximum atomic E-state index is 13.1. The first-order valence-electron chi connectivity index (χ1n) is 9.16. The van der Waals surface area contributed by atoms with E-state index >= 15 is 0 Å². The van der Waals surface area contributed by atoms with Crippen LogP contribution in [0, 0.1) is 6.92 Å². The maximum absolute atomic E-state index is 13.1. The predicted octanol–water partition coefficient (Wildman–Crippen LogP) is 5.16. The first-order valence-corrected chi connectivity index (χ1v) is 9.16. The molecule has 1 atom stereocenters. The van der Waals surface area contributed by atoms with E-state index in [9.17, 15) is 4.79 Å². The molecule has 1 aliphatic heterocycles. The standard InChI is InChI=1S/C23H22N2O2/c1-3-27-18-14-12-17(13-15-18)25-22(24-21-11-7-4-8-16(21)2)19-9-5-6-10-20(19)23(25)26/h4-15,22,24H,3H2,1-2H3/t22-/m1/s1. The lowest BCUT2D eigenvalue weighted by atomic mass is 10.1. The van der Waals surface area contributed by atoms with E-state index < -0.39 is 0 Å². The Morgan fingerprint density at radius 3 is 2.41 bits per heavy atom. The van der Waals surface area contributed by atoms with Crippen LogP contribution in [0.3, 0.4) is 0 Å². The van der Waals surface area contributed by atoms with Gasteiger partial charge in [0.05, 0.1) is 6.61 Å². The number of nitrogens with zero attached hydrogens (tertiary/aromatic N) is 1. The molecule has 0 bridgehead atoms. The van der Waals surface area contributed by atoms with E-state index in [0.29, 0.717) is 6.61 Å². The number of hydrogen-bond donors (Lipinski definition) is 1. The van der Waals surface area contributed by atoms with Crippen LogP contribution in [0.2, 0.25) is 0 Å². The minimum Gasteiger partial charge on any atom is -0.494 e. The highest BCUT2D eigenvalue weighted by Gasteiger charge is 2.37. The number of anilines is 2. The largest absolute Gasteiger partial charge is 0.494 e. The molecule has 0 aliphatic carbocycles. The van der Waals surface area contributed by atoms with Crippen molar-refractivity contribution in [2.24, 2.45) is 0 Å². The van der Waals surface area contributed by atoms with Gasteiger partial charge < -0.3 is 10.1 Å². The van der Waals surface area contributed by atoms with Gasteiger partial charge in [0.1, 0.15) is 11.9 Å². The molecule has 1 aliphatic rings. The summed E-state index contributed by atoms with van der Waals surface area (Å²) in [7, 11) is 0. The summed E-state index contributed by atoms with van der Waals surface area (Å²) in [5, 5.41) is 3.56. The fourth-order valence-electron chi connectivity index (χ4n) is 3.48. The van der Waals surface area contributed by atoms with E-state index in [0.717, 1.165) is 33.8 Å². The summed E-state index contributed by atoms with van der Waals surface area (Å²) in [6.07, 6.45) is -0.257. The molecule has 3 aromatic carbocycles. The minimum absolute atomic E-state index is 0.000782. The number of ether oxygens (including phenoxy) is 1. The lowest BCUT2D eigenvalue weighted by Gasteiger charge is -2.28. The zero-order chi connectivity index (χ0) is 18.8. The summed E-state index contributed by atoms with van der Waals surface area (Å²) >= 11 is 0. The molecule has 0 unspecified atom stereocenters. The van der Waals surface area contributed by atoms with Gasteiger partial charge in [0.25, 0.3) is 5.91 Å². The van der Waals surface area contributed by atoms with Crippen LogP contribution in [-0.2, 0) is 0 Å². The Balaban J connectivity index is 1.74. The second-order valence-corrected chi connectivity index (χ2v) is 6.55. The van der Waals surface area contributed by atoms with Crippen molar-refractivity contribution in [3.05, 3.63) is 89.5 Å².